The van der Waals surface area contributed by atoms with Gasteiger partial charge in [0.05, 0.1) is 24.7 Å². The van der Waals surface area contributed by atoms with Crippen molar-refractivity contribution in [2.75, 3.05) is 5.32 Å². The van der Waals surface area contributed by atoms with Crippen LogP contribution >= 0.6 is 0 Å². The lowest BCUT2D eigenvalue weighted by atomic mass is 10.2. The summed E-state index contributed by atoms with van der Waals surface area (Å²) in [4.78, 5) is 7.98. The van der Waals surface area contributed by atoms with Crippen molar-refractivity contribution in [3.63, 3.8) is 0 Å². The molecule has 0 aromatic carbocycles. The maximum absolute atomic E-state index is 8.57. The summed E-state index contributed by atoms with van der Waals surface area (Å²) in [6, 6.07) is 5.64. The number of nitriles is 1. The fourth-order valence-electron chi connectivity index (χ4n) is 1.29. The highest BCUT2D eigenvalue weighted by molar-refractivity contribution is 5.35. The van der Waals surface area contributed by atoms with Gasteiger partial charge < -0.3 is 9.73 Å². The van der Waals surface area contributed by atoms with Crippen LogP contribution in [0.1, 0.15) is 24.4 Å². The van der Waals surface area contributed by atoms with Crippen LogP contribution in [0.4, 0.5) is 5.82 Å². The van der Waals surface area contributed by atoms with Crippen molar-refractivity contribution in [1.82, 2.24) is 9.97 Å². The van der Waals surface area contributed by atoms with Gasteiger partial charge in [-0.2, -0.15) is 5.26 Å². The smallest absolute Gasteiger partial charge is 0.158 e. The van der Waals surface area contributed by atoms with Gasteiger partial charge in [0.2, 0.25) is 0 Å². The summed E-state index contributed by atoms with van der Waals surface area (Å²) in [7, 11) is 0. The molecular formula is C11H10N4O. The summed E-state index contributed by atoms with van der Waals surface area (Å²) < 4.78 is 5.25. The Kier molecular flexibility index (Phi) is 2.83. The van der Waals surface area contributed by atoms with Crippen molar-refractivity contribution in [1.29, 1.82) is 5.26 Å². The van der Waals surface area contributed by atoms with Gasteiger partial charge in [-0.1, -0.05) is 0 Å². The number of hydrogen-bond donors (Lipinski definition) is 1. The van der Waals surface area contributed by atoms with Gasteiger partial charge in [0.1, 0.15) is 17.6 Å². The zero-order valence-corrected chi connectivity index (χ0v) is 8.71. The molecule has 2 aromatic heterocycles. The van der Waals surface area contributed by atoms with E-state index < -0.39 is 0 Å². The molecule has 0 aliphatic carbocycles. The third-order valence-corrected chi connectivity index (χ3v) is 2.10. The van der Waals surface area contributed by atoms with E-state index in [1.54, 1.807) is 6.26 Å². The second kappa shape index (κ2) is 4.45. The molecular weight excluding hydrogens is 204 g/mol. The predicted octanol–water partition coefficient (Wildman–Crippen LogP) is 2.11. The van der Waals surface area contributed by atoms with E-state index in [1.165, 1.54) is 12.4 Å². The van der Waals surface area contributed by atoms with Crippen LogP contribution in [0.3, 0.4) is 0 Å². The molecule has 0 aliphatic rings. The average Bonchev–Trinajstić information content (AvgIpc) is 2.83. The molecule has 0 fully saturated rings. The van der Waals surface area contributed by atoms with Crippen LogP contribution in [-0.4, -0.2) is 9.97 Å². The number of aromatic nitrogens is 2. The van der Waals surface area contributed by atoms with Crippen LogP contribution in [-0.2, 0) is 0 Å². The number of rotatable bonds is 3. The minimum absolute atomic E-state index is 0.0113. The summed E-state index contributed by atoms with van der Waals surface area (Å²) in [5.74, 6) is 1.44. The number of furan rings is 1. The summed E-state index contributed by atoms with van der Waals surface area (Å²) in [5.41, 5.74) is 0.302. The zero-order valence-electron chi connectivity index (χ0n) is 8.71. The Bertz CT molecular complexity index is 484. The van der Waals surface area contributed by atoms with Gasteiger partial charge >= 0.3 is 0 Å². The van der Waals surface area contributed by atoms with Gasteiger partial charge in [-0.3, -0.25) is 0 Å². The van der Waals surface area contributed by atoms with Crippen molar-refractivity contribution >= 4 is 5.82 Å². The Labute approximate surface area is 92.8 Å². The average molecular weight is 214 g/mol. The first-order valence-electron chi connectivity index (χ1n) is 4.81. The van der Waals surface area contributed by atoms with Crippen LogP contribution in [0, 0.1) is 11.3 Å². The van der Waals surface area contributed by atoms with Gasteiger partial charge in [-0.15, -0.1) is 0 Å². The van der Waals surface area contributed by atoms with E-state index in [4.69, 9.17) is 9.68 Å². The molecule has 16 heavy (non-hydrogen) atoms. The highest BCUT2D eigenvalue weighted by Gasteiger charge is 2.08. The number of hydrogen-bond acceptors (Lipinski definition) is 5. The lowest BCUT2D eigenvalue weighted by molar-refractivity contribution is 0.490. The van der Waals surface area contributed by atoms with E-state index in [9.17, 15) is 0 Å². The minimum atomic E-state index is 0.0113. The van der Waals surface area contributed by atoms with Gasteiger partial charge in [-0.25, -0.2) is 9.97 Å². The van der Waals surface area contributed by atoms with Crippen LogP contribution in [0.15, 0.2) is 35.2 Å². The summed E-state index contributed by atoms with van der Waals surface area (Å²) in [5, 5.41) is 11.7. The molecule has 2 rings (SSSR count). The Hall–Kier alpha value is -2.35. The first kappa shape index (κ1) is 10.2. The van der Waals surface area contributed by atoms with E-state index in [0.29, 0.717) is 11.5 Å². The fourth-order valence-corrected chi connectivity index (χ4v) is 1.29. The maximum Gasteiger partial charge on any atom is 0.158 e. The molecule has 1 atom stereocenters. The summed E-state index contributed by atoms with van der Waals surface area (Å²) in [6.07, 6.45) is 4.58. The Morgan fingerprint density at radius 2 is 2.31 bits per heavy atom. The van der Waals surface area contributed by atoms with E-state index in [2.05, 4.69) is 15.3 Å². The number of anilines is 1. The van der Waals surface area contributed by atoms with E-state index in [-0.39, 0.29) is 6.04 Å². The topological polar surface area (TPSA) is 74.7 Å². The largest absolute Gasteiger partial charge is 0.467 e. The SMILES string of the molecule is CC(Nc1cnc(C#N)cn1)c1ccco1. The quantitative estimate of drug-likeness (QED) is 0.846. The molecule has 0 spiro atoms. The van der Waals surface area contributed by atoms with Crippen molar-refractivity contribution in [2.24, 2.45) is 0 Å². The lowest BCUT2D eigenvalue weighted by Crippen LogP contribution is -2.07. The van der Waals surface area contributed by atoms with Crippen molar-refractivity contribution in [3.05, 3.63) is 42.2 Å². The third kappa shape index (κ3) is 2.17. The second-order valence-electron chi connectivity index (χ2n) is 3.28. The van der Waals surface area contributed by atoms with E-state index in [0.717, 1.165) is 5.76 Å². The standard InChI is InChI=1S/C11H10N4O/c1-8(10-3-2-4-16-10)15-11-7-13-9(5-12)6-14-11/h2-4,6-8H,1H3,(H,14,15). The van der Waals surface area contributed by atoms with Crippen molar-refractivity contribution in [3.8, 4) is 6.07 Å². The predicted molar refractivity (Wildman–Crippen MR) is 57.5 cm³/mol. The van der Waals surface area contributed by atoms with Crippen LogP contribution in [0.2, 0.25) is 0 Å². The molecule has 1 N–H and O–H groups in total. The van der Waals surface area contributed by atoms with Crippen LogP contribution < -0.4 is 5.32 Å². The number of nitrogens with one attached hydrogen (secondary N) is 1. The molecule has 0 saturated heterocycles. The van der Waals surface area contributed by atoms with Gasteiger partial charge in [0.15, 0.2) is 5.69 Å². The molecule has 1 unspecified atom stereocenters. The molecule has 0 radical (unpaired) electrons. The number of nitrogens with zero attached hydrogens (tertiary/aromatic N) is 3. The highest BCUT2D eigenvalue weighted by atomic mass is 16.3. The van der Waals surface area contributed by atoms with Crippen LogP contribution in [0.25, 0.3) is 0 Å². The summed E-state index contributed by atoms with van der Waals surface area (Å²) >= 11 is 0. The Morgan fingerprint density at radius 1 is 1.44 bits per heavy atom. The molecule has 0 aliphatic heterocycles. The summed E-state index contributed by atoms with van der Waals surface area (Å²) in [6.45, 7) is 1.96. The maximum atomic E-state index is 8.57. The minimum Gasteiger partial charge on any atom is -0.467 e. The second-order valence-corrected chi connectivity index (χ2v) is 3.28. The van der Waals surface area contributed by atoms with Gasteiger partial charge in [0, 0.05) is 0 Å². The molecule has 80 valence electrons. The Morgan fingerprint density at radius 3 is 2.88 bits per heavy atom. The molecule has 5 nitrogen and oxygen atoms in total. The van der Waals surface area contributed by atoms with E-state index >= 15 is 0 Å². The van der Waals surface area contributed by atoms with Crippen molar-refractivity contribution < 1.29 is 4.42 Å². The normalized spacial score (nSPS) is 11.8. The fraction of sp³-hybridized carbons (Fsp3) is 0.182. The Balaban J connectivity index is 2.07. The molecule has 0 saturated carbocycles. The molecule has 5 heteroatoms. The first-order valence-corrected chi connectivity index (χ1v) is 4.81. The molecule has 2 heterocycles. The van der Waals surface area contributed by atoms with E-state index in [1.807, 2.05) is 25.1 Å². The first-order chi connectivity index (χ1) is 7.79. The van der Waals surface area contributed by atoms with Crippen molar-refractivity contribution in [2.45, 2.75) is 13.0 Å². The monoisotopic (exact) mass is 214 g/mol. The van der Waals surface area contributed by atoms with Crippen LogP contribution in [0.5, 0.6) is 0 Å². The van der Waals surface area contributed by atoms with Gasteiger partial charge in [0.25, 0.3) is 0 Å². The molecule has 0 bridgehead atoms. The third-order valence-electron chi connectivity index (χ3n) is 2.10. The van der Waals surface area contributed by atoms with Gasteiger partial charge in [-0.05, 0) is 19.1 Å². The molecule has 0 amide bonds. The molecule has 2 aromatic rings. The highest BCUT2D eigenvalue weighted by Crippen LogP contribution is 2.17. The lowest BCUT2D eigenvalue weighted by Gasteiger charge is -2.11. The zero-order chi connectivity index (χ0) is 11.4.